The number of amides is 2. The molecule has 0 spiro atoms. The summed E-state index contributed by atoms with van der Waals surface area (Å²) in [5.41, 5.74) is 3.80. The van der Waals surface area contributed by atoms with E-state index in [0.717, 1.165) is 25.7 Å². The van der Waals surface area contributed by atoms with E-state index in [-0.39, 0.29) is 11.8 Å². The quantitative estimate of drug-likeness (QED) is 0.630. The first kappa shape index (κ1) is 19.3. The van der Waals surface area contributed by atoms with Crippen LogP contribution in [-0.2, 0) is 4.79 Å². The molecular formula is C20H24ClN3O3. The van der Waals surface area contributed by atoms with Gasteiger partial charge in [-0.2, -0.15) is 0 Å². The van der Waals surface area contributed by atoms with Gasteiger partial charge in [0.1, 0.15) is 5.76 Å². The van der Waals surface area contributed by atoms with Crippen molar-refractivity contribution in [3.63, 3.8) is 0 Å². The van der Waals surface area contributed by atoms with Gasteiger partial charge in [-0.25, -0.2) is 5.01 Å². The highest BCUT2D eigenvalue weighted by Gasteiger charge is 2.35. The molecule has 0 fully saturated rings. The normalized spacial score (nSPS) is 16.0. The number of furan rings is 1. The van der Waals surface area contributed by atoms with Crippen LogP contribution in [0.5, 0.6) is 0 Å². The number of benzene rings is 1. The van der Waals surface area contributed by atoms with Crippen LogP contribution < -0.4 is 10.7 Å². The van der Waals surface area contributed by atoms with E-state index in [1.54, 1.807) is 30.3 Å². The minimum absolute atomic E-state index is 0.191. The van der Waals surface area contributed by atoms with Crippen molar-refractivity contribution in [1.29, 1.82) is 0 Å². The molecule has 1 aromatic heterocycles. The van der Waals surface area contributed by atoms with Crippen LogP contribution in [0, 0.1) is 0 Å². The van der Waals surface area contributed by atoms with E-state index in [1.165, 1.54) is 17.7 Å². The van der Waals surface area contributed by atoms with Gasteiger partial charge in [-0.15, -0.1) is 0 Å². The summed E-state index contributed by atoms with van der Waals surface area (Å²) in [7, 11) is 0. The van der Waals surface area contributed by atoms with Gasteiger partial charge in [0.05, 0.1) is 11.8 Å². The number of unbranched alkanes of at least 4 members (excludes halogenated alkanes) is 4. The Balaban J connectivity index is 1.74. The number of hydrazine groups is 1. The monoisotopic (exact) mass is 389 g/mol. The number of hydrogen-bond acceptors (Lipinski definition) is 4. The van der Waals surface area contributed by atoms with Crippen molar-refractivity contribution in [2.75, 3.05) is 5.32 Å². The van der Waals surface area contributed by atoms with Gasteiger partial charge < -0.3 is 9.73 Å². The van der Waals surface area contributed by atoms with Crippen LogP contribution in [-0.4, -0.2) is 16.8 Å². The first-order chi connectivity index (χ1) is 13.1. The molecule has 0 bridgehead atoms. The fourth-order valence-electron chi connectivity index (χ4n) is 3.12. The third-order valence-electron chi connectivity index (χ3n) is 4.55. The Labute approximate surface area is 163 Å². The predicted molar refractivity (Wildman–Crippen MR) is 104 cm³/mol. The van der Waals surface area contributed by atoms with Gasteiger partial charge in [-0.05, 0) is 36.8 Å². The highest BCUT2D eigenvalue weighted by Crippen LogP contribution is 2.33. The number of nitrogens with zero attached hydrogens (tertiary/aromatic N) is 1. The smallest absolute Gasteiger partial charge is 0.276 e. The minimum Gasteiger partial charge on any atom is -0.465 e. The second-order valence-corrected chi connectivity index (χ2v) is 7.06. The van der Waals surface area contributed by atoms with Crippen LogP contribution in [0.4, 0.5) is 5.69 Å². The van der Waals surface area contributed by atoms with Crippen molar-refractivity contribution in [2.24, 2.45) is 0 Å². The standard InChI is InChI=1S/C20H24ClN3O3/c1-2-3-4-5-6-9-18(25)23-24-19(17-8-7-12-27-17)22-16-11-10-14(21)13-15(16)20(24)26/h7-8,10-13,19,22H,2-6,9H2,1H3,(H,23,25). The summed E-state index contributed by atoms with van der Waals surface area (Å²) in [5.74, 6) is 0.0165. The number of fused-ring (bicyclic) bond motifs is 1. The van der Waals surface area contributed by atoms with Gasteiger partial charge in [0.2, 0.25) is 5.91 Å². The molecule has 0 saturated carbocycles. The summed E-state index contributed by atoms with van der Waals surface area (Å²) in [4.78, 5) is 25.4. The number of carbonyl (C=O) groups excluding carboxylic acids is 2. The highest BCUT2D eigenvalue weighted by atomic mass is 35.5. The zero-order chi connectivity index (χ0) is 19.2. The molecule has 1 aliphatic rings. The lowest BCUT2D eigenvalue weighted by molar-refractivity contribution is -0.126. The number of rotatable bonds is 8. The van der Waals surface area contributed by atoms with E-state index in [9.17, 15) is 9.59 Å². The average Bonchev–Trinajstić information content (AvgIpc) is 3.18. The molecule has 1 aliphatic heterocycles. The molecule has 0 aliphatic carbocycles. The minimum atomic E-state index is -0.620. The number of hydrogen-bond donors (Lipinski definition) is 2. The summed E-state index contributed by atoms with van der Waals surface area (Å²) in [6.45, 7) is 2.15. The number of nitrogens with one attached hydrogen (secondary N) is 2. The third kappa shape index (κ3) is 4.63. The third-order valence-corrected chi connectivity index (χ3v) is 4.78. The van der Waals surface area contributed by atoms with Crippen LogP contribution in [0.15, 0.2) is 41.0 Å². The molecule has 0 saturated heterocycles. The van der Waals surface area contributed by atoms with Gasteiger partial charge in [-0.1, -0.05) is 44.2 Å². The second-order valence-electron chi connectivity index (χ2n) is 6.63. The maximum absolute atomic E-state index is 13.0. The van der Waals surface area contributed by atoms with E-state index in [0.29, 0.717) is 28.5 Å². The van der Waals surface area contributed by atoms with Gasteiger partial charge in [0, 0.05) is 17.1 Å². The lowest BCUT2D eigenvalue weighted by Gasteiger charge is -2.36. The fourth-order valence-corrected chi connectivity index (χ4v) is 3.29. The van der Waals surface area contributed by atoms with E-state index in [4.69, 9.17) is 16.0 Å². The average molecular weight is 390 g/mol. The Hall–Kier alpha value is -2.47. The van der Waals surface area contributed by atoms with Crippen molar-refractivity contribution in [2.45, 2.75) is 51.6 Å². The van der Waals surface area contributed by atoms with Gasteiger partial charge >= 0.3 is 0 Å². The summed E-state index contributed by atoms with van der Waals surface area (Å²) in [6, 6.07) is 8.56. The molecule has 2 N–H and O–H groups in total. The Bertz CT molecular complexity index is 792. The van der Waals surface area contributed by atoms with Crippen molar-refractivity contribution in [3.8, 4) is 0 Å². The molecule has 6 nitrogen and oxygen atoms in total. The molecular weight excluding hydrogens is 366 g/mol. The summed E-state index contributed by atoms with van der Waals surface area (Å²) >= 11 is 6.04. The van der Waals surface area contributed by atoms with E-state index >= 15 is 0 Å². The van der Waals surface area contributed by atoms with E-state index in [1.807, 2.05) is 0 Å². The van der Waals surface area contributed by atoms with Crippen LogP contribution in [0.3, 0.4) is 0 Å². The zero-order valence-electron chi connectivity index (χ0n) is 15.3. The number of halogens is 1. The van der Waals surface area contributed by atoms with Crippen molar-refractivity contribution >= 4 is 29.1 Å². The van der Waals surface area contributed by atoms with Gasteiger partial charge in [0.25, 0.3) is 5.91 Å². The molecule has 7 heteroatoms. The second kappa shape index (κ2) is 8.95. The largest absolute Gasteiger partial charge is 0.465 e. The molecule has 27 heavy (non-hydrogen) atoms. The predicted octanol–water partition coefficient (Wildman–Crippen LogP) is 4.89. The molecule has 3 rings (SSSR count). The van der Waals surface area contributed by atoms with Crippen LogP contribution in [0.25, 0.3) is 0 Å². The zero-order valence-corrected chi connectivity index (χ0v) is 16.1. The molecule has 2 heterocycles. The van der Waals surface area contributed by atoms with Gasteiger partial charge in [-0.3, -0.25) is 15.0 Å². The molecule has 1 unspecified atom stereocenters. The lowest BCUT2D eigenvalue weighted by atomic mass is 10.1. The Morgan fingerprint density at radius 1 is 1.26 bits per heavy atom. The van der Waals surface area contributed by atoms with Crippen molar-refractivity contribution in [3.05, 3.63) is 52.9 Å². The van der Waals surface area contributed by atoms with Crippen LogP contribution in [0.1, 0.15) is 67.7 Å². The topological polar surface area (TPSA) is 74.6 Å². The Morgan fingerprint density at radius 3 is 2.81 bits per heavy atom. The first-order valence-corrected chi connectivity index (χ1v) is 9.70. The first-order valence-electron chi connectivity index (χ1n) is 9.32. The number of carbonyl (C=O) groups is 2. The molecule has 144 valence electrons. The Kier molecular flexibility index (Phi) is 6.40. The molecule has 0 radical (unpaired) electrons. The summed E-state index contributed by atoms with van der Waals surface area (Å²) < 4.78 is 5.46. The van der Waals surface area contributed by atoms with Crippen LogP contribution >= 0.6 is 11.6 Å². The Morgan fingerprint density at radius 2 is 2.07 bits per heavy atom. The summed E-state index contributed by atoms with van der Waals surface area (Å²) in [5, 5.41) is 4.98. The van der Waals surface area contributed by atoms with Crippen LogP contribution in [0.2, 0.25) is 5.02 Å². The molecule has 1 atom stereocenters. The fraction of sp³-hybridized carbons (Fsp3) is 0.400. The lowest BCUT2D eigenvalue weighted by Crippen LogP contribution is -2.52. The molecule has 2 aromatic rings. The number of anilines is 1. The maximum atomic E-state index is 13.0. The maximum Gasteiger partial charge on any atom is 0.276 e. The van der Waals surface area contributed by atoms with Gasteiger partial charge in [0.15, 0.2) is 6.17 Å². The molecule has 2 amide bonds. The summed E-state index contributed by atoms with van der Waals surface area (Å²) in [6.07, 6.45) is 6.55. The van der Waals surface area contributed by atoms with Crippen molar-refractivity contribution in [1.82, 2.24) is 10.4 Å². The van der Waals surface area contributed by atoms with E-state index < -0.39 is 6.17 Å². The van der Waals surface area contributed by atoms with Crippen molar-refractivity contribution < 1.29 is 14.0 Å². The SMILES string of the molecule is CCCCCCCC(=O)NN1C(=O)c2cc(Cl)ccc2NC1c1ccco1. The van der Waals surface area contributed by atoms with E-state index in [2.05, 4.69) is 17.7 Å². The molecule has 1 aromatic carbocycles. The highest BCUT2D eigenvalue weighted by molar-refractivity contribution is 6.31.